The van der Waals surface area contributed by atoms with Crippen molar-refractivity contribution in [2.24, 2.45) is 0 Å². The van der Waals surface area contributed by atoms with E-state index in [1.54, 1.807) is 24.3 Å². The Bertz CT molecular complexity index is 1920. The highest BCUT2D eigenvalue weighted by Crippen LogP contribution is 2.32. The van der Waals surface area contributed by atoms with E-state index in [1.165, 1.54) is 12.3 Å². The lowest BCUT2D eigenvalue weighted by molar-refractivity contribution is -0.192. The molecule has 0 saturated carbocycles. The van der Waals surface area contributed by atoms with Crippen molar-refractivity contribution in [2.45, 2.75) is 30.3 Å². The molecule has 5 aromatic rings. The topological polar surface area (TPSA) is 112 Å². The Morgan fingerprint density at radius 2 is 1.38 bits per heavy atom. The molecule has 0 fully saturated rings. The van der Waals surface area contributed by atoms with E-state index in [4.69, 9.17) is 9.90 Å². The number of fused-ring (bicyclic) bond motifs is 1. The molecule has 7 nitrogen and oxygen atoms in total. The normalized spacial score (nSPS) is 12.1. The Hall–Kier alpha value is -4.69. The number of carboxylic acids is 1. The summed E-state index contributed by atoms with van der Waals surface area (Å²) in [7, 11) is -3.22. The minimum Gasteiger partial charge on any atom is -0.475 e. The molecule has 0 atom stereocenters. The molecular formula is C31H25F6N3O4S. The predicted molar refractivity (Wildman–Crippen MR) is 156 cm³/mol. The van der Waals surface area contributed by atoms with Crippen molar-refractivity contribution in [3.8, 4) is 22.5 Å². The van der Waals surface area contributed by atoms with Gasteiger partial charge in [0.15, 0.2) is 9.84 Å². The van der Waals surface area contributed by atoms with Crippen LogP contribution in [0.3, 0.4) is 0 Å². The number of halogens is 6. The van der Waals surface area contributed by atoms with Crippen LogP contribution in [0.25, 0.3) is 33.5 Å². The summed E-state index contributed by atoms with van der Waals surface area (Å²) in [4.78, 5) is 16.7. The number of carboxylic acid groups (broad SMARTS) is 1. The molecule has 1 heterocycles. The molecule has 0 aliphatic carbocycles. The average molecular weight is 650 g/mol. The van der Waals surface area contributed by atoms with E-state index in [2.05, 4.69) is 21.4 Å². The SMILES string of the molecule is CS(=O)(=O)c1ccc(CNCc2cccc(-c3cccc(-c4nc5ccc(C(F)(F)F)cc5[nH]4)c3)c2)cc1.O=C(O)C(F)(F)F. The van der Waals surface area contributed by atoms with Crippen LogP contribution < -0.4 is 5.32 Å². The van der Waals surface area contributed by atoms with Crippen molar-refractivity contribution >= 4 is 26.8 Å². The highest BCUT2D eigenvalue weighted by Gasteiger charge is 2.38. The van der Waals surface area contributed by atoms with Gasteiger partial charge in [0.1, 0.15) is 5.82 Å². The number of H-pyrrole nitrogens is 1. The summed E-state index contributed by atoms with van der Waals surface area (Å²) in [6.07, 6.45) is -8.31. The first-order valence-corrected chi connectivity index (χ1v) is 15.0. The maximum atomic E-state index is 13.1. The molecule has 3 N–H and O–H groups in total. The monoisotopic (exact) mass is 649 g/mol. The third-order valence-corrected chi connectivity index (χ3v) is 7.59. The number of nitrogens with one attached hydrogen (secondary N) is 2. The maximum absolute atomic E-state index is 13.1. The van der Waals surface area contributed by atoms with Crippen LogP contribution in [0.1, 0.15) is 16.7 Å². The summed E-state index contributed by atoms with van der Waals surface area (Å²) in [5, 5.41) is 10.5. The molecule has 14 heteroatoms. The molecule has 0 aliphatic heterocycles. The van der Waals surface area contributed by atoms with Gasteiger partial charge in [-0.2, -0.15) is 26.3 Å². The van der Waals surface area contributed by atoms with Crippen molar-refractivity contribution in [2.75, 3.05) is 6.26 Å². The van der Waals surface area contributed by atoms with Crippen LogP contribution in [0.2, 0.25) is 0 Å². The quantitative estimate of drug-likeness (QED) is 0.160. The first-order chi connectivity index (χ1) is 21.0. The zero-order valence-corrected chi connectivity index (χ0v) is 24.2. The fraction of sp³-hybridized carbons (Fsp3) is 0.161. The first kappa shape index (κ1) is 33.2. The predicted octanol–water partition coefficient (Wildman–Crippen LogP) is 7.24. The van der Waals surface area contributed by atoms with E-state index in [0.29, 0.717) is 34.8 Å². The number of aromatic nitrogens is 2. The molecule has 0 unspecified atom stereocenters. The molecule has 0 saturated heterocycles. The van der Waals surface area contributed by atoms with Crippen molar-refractivity contribution in [3.05, 3.63) is 108 Å². The Morgan fingerprint density at radius 1 is 0.800 bits per heavy atom. The molecule has 0 aliphatic rings. The lowest BCUT2D eigenvalue weighted by Gasteiger charge is -2.09. The van der Waals surface area contributed by atoms with Crippen LogP contribution in [0.5, 0.6) is 0 Å². The molecule has 0 radical (unpaired) electrons. The van der Waals surface area contributed by atoms with Gasteiger partial charge in [0.25, 0.3) is 0 Å². The maximum Gasteiger partial charge on any atom is 0.490 e. The number of benzene rings is 4. The summed E-state index contributed by atoms with van der Waals surface area (Å²) in [6.45, 7) is 1.21. The molecular weight excluding hydrogens is 624 g/mol. The van der Waals surface area contributed by atoms with E-state index in [-0.39, 0.29) is 0 Å². The van der Waals surface area contributed by atoms with Gasteiger partial charge in [0.2, 0.25) is 0 Å². The van der Waals surface area contributed by atoms with E-state index in [9.17, 15) is 34.8 Å². The number of hydrogen-bond acceptors (Lipinski definition) is 5. The van der Waals surface area contributed by atoms with Crippen LogP contribution in [0, 0.1) is 0 Å². The molecule has 4 aromatic carbocycles. The van der Waals surface area contributed by atoms with Gasteiger partial charge in [-0.05, 0) is 64.7 Å². The van der Waals surface area contributed by atoms with Crippen LogP contribution in [-0.4, -0.2) is 41.9 Å². The Morgan fingerprint density at radius 3 is 1.98 bits per heavy atom. The molecule has 0 spiro atoms. The summed E-state index contributed by atoms with van der Waals surface area (Å²) in [5.74, 6) is -2.26. The molecule has 45 heavy (non-hydrogen) atoms. The number of carbonyl (C=O) groups is 1. The number of hydrogen-bond donors (Lipinski definition) is 3. The number of aliphatic carboxylic acids is 1. The van der Waals surface area contributed by atoms with Gasteiger partial charge in [-0.15, -0.1) is 0 Å². The molecule has 5 rings (SSSR count). The van der Waals surface area contributed by atoms with Crippen LogP contribution >= 0.6 is 0 Å². The van der Waals surface area contributed by atoms with Crippen molar-refractivity contribution in [1.82, 2.24) is 15.3 Å². The Kier molecular flexibility index (Phi) is 9.68. The second-order valence-electron chi connectivity index (χ2n) is 9.92. The van der Waals surface area contributed by atoms with Gasteiger partial charge in [0, 0.05) is 24.9 Å². The highest BCUT2D eigenvalue weighted by atomic mass is 32.2. The van der Waals surface area contributed by atoms with Gasteiger partial charge in [-0.25, -0.2) is 18.2 Å². The van der Waals surface area contributed by atoms with Gasteiger partial charge in [-0.1, -0.05) is 48.5 Å². The van der Waals surface area contributed by atoms with Crippen molar-refractivity contribution in [1.29, 1.82) is 0 Å². The highest BCUT2D eigenvalue weighted by molar-refractivity contribution is 7.90. The van der Waals surface area contributed by atoms with E-state index in [0.717, 1.165) is 39.9 Å². The lowest BCUT2D eigenvalue weighted by Crippen LogP contribution is -2.21. The average Bonchev–Trinajstić information content (AvgIpc) is 3.41. The number of alkyl halides is 6. The Balaban J connectivity index is 0.000000591. The smallest absolute Gasteiger partial charge is 0.475 e. The van der Waals surface area contributed by atoms with Gasteiger partial charge in [-0.3, -0.25) is 0 Å². The number of sulfone groups is 1. The van der Waals surface area contributed by atoms with Crippen LogP contribution in [0.4, 0.5) is 26.3 Å². The molecule has 236 valence electrons. The first-order valence-electron chi connectivity index (χ1n) is 13.1. The van der Waals surface area contributed by atoms with Crippen molar-refractivity contribution < 1.29 is 44.7 Å². The minimum atomic E-state index is -5.08. The van der Waals surface area contributed by atoms with Crippen LogP contribution in [-0.2, 0) is 33.9 Å². The zero-order valence-electron chi connectivity index (χ0n) is 23.4. The molecule has 1 aromatic heterocycles. The summed E-state index contributed by atoms with van der Waals surface area (Å²) in [6, 6.07) is 26.1. The van der Waals surface area contributed by atoms with Gasteiger partial charge < -0.3 is 15.4 Å². The summed E-state index contributed by atoms with van der Waals surface area (Å²) >= 11 is 0. The zero-order chi connectivity index (χ0) is 33.0. The minimum absolute atomic E-state index is 0.296. The van der Waals surface area contributed by atoms with E-state index in [1.807, 2.05) is 42.5 Å². The number of rotatable bonds is 7. The summed E-state index contributed by atoms with van der Waals surface area (Å²) in [5.41, 5.74) is 4.87. The third kappa shape index (κ3) is 8.92. The molecule has 0 amide bonds. The van der Waals surface area contributed by atoms with Crippen LogP contribution in [0.15, 0.2) is 95.9 Å². The summed E-state index contributed by atoms with van der Waals surface area (Å²) < 4.78 is 94.2. The van der Waals surface area contributed by atoms with Gasteiger partial charge >= 0.3 is 18.3 Å². The van der Waals surface area contributed by atoms with E-state index >= 15 is 0 Å². The van der Waals surface area contributed by atoms with Crippen molar-refractivity contribution in [3.63, 3.8) is 0 Å². The number of nitrogens with zero attached hydrogens (tertiary/aromatic N) is 1. The third-order valence-electron chi connectivity index (χ3n) is 6.46. The number of aromatic amines is 1. The van der Waals surface area contributed by atoms with E-state index < -0.39 is 33.7 Å². The number of imidazole rings is 1. The largest absolute Gasteiger partial charge is 0.490 e. The fourth-order valence-electron chi connectivity index (χ4n) is 4.24. The fourth-order valence-corrected chi connectivity index (χ4v) is 4.87. The molecule has 0 bridgehead atoms. The Labute approximate surface area is 253 Å². The van der Waals surface area contributed by atoms with Gasteiger partial charge in [0.05, 0.1) is 21.5 Å². The standard InChI is InChI=1S/C29H24F3N3O2S.C2HF3O2/c1-38(36,37)25-11-8-19(9-12-25)17-33-18-20-4-2-5-21(14-20)22-6-3-7-23(15-22)28-34-26-13-10-24(29(30,31)32)16-27(26)35-28;3-2(4,5)1(6)7/h2-16,33H,17-18H2,1H3,(H,34,35);(H,6,7). The lowest BCUT2D eigenvalue weighted by atomic mass is 10.0. The second kappa shape index (κ2) is 13.1. The second-order valence-corrected chi connectivity index (χ2v) is 11.9.